The van der Waals surface area contributed by atoms with Crippen LogP contribution < -0.4 is 0 Å². The summed E-state index contributed by atoms with van der Waals surface area (Å²) in [5, 5.41) is 10.2. The van der Waals surface area contributed by atoms with E-state index in [1.807, 2.05) is 0 Å². The van der Waals surface area contributed by atoms with Crippen molar-refractivity contribution in [2.45, 2.75) is 44.6 Å². The SMILES string of the molecule is OC1CCc2c1cc1c3c2CCc2cccc(c2-3)CC1. The maximum atomic E-state index is 10.2. The summed E-state index contributed by atoms with van der Waals surface area (Å²) in [7, 11) is 0. The van der Waals surface area contributed by atoms with Crippen molar-refractivity contribution in [2.24, 2.45) is 0 Å². The van der Waals surface area contributed by atoms with E-state index in [4.69, 9.17) is 0 Å². The lowest BCUT2D eigenvalue weighted by Crippen LogP contribution is -2.16. The Hall–Kier alpha value is -1.60. The second-order valence-corrected chi connectivity index (χ2v) is 6.46. The number of aliphatic hydroxyl groups excluding tert-OH is 1. The number of aryl methyl sites for hydroxylation is 3. The van der Waals surface area contributed by atoms with Crippen LogP contribution in [0, 0.1) is 0 Å². The molecular formula is C19H18O. The number of fused-ring (bicyclic) bond motifs is 2. The zero-order chi connectivity index (χ0) is 13.3. The molecule has 2 aromatic rings. The highest BCUT2D eigenvalue weighted by Gasteiger charge is 2.32. The van der Waals surface area contributed by atoms with Crippen LogP contribution >= 0.6 is 0 Å². The third-order valence-corrected chi connectivity index (χ3v) is 5.49. The third-order valence-electron chi connectivity index (χ3n) is 5.49. The largest absolute Gasteiger partial charge is 0.388 e. The van der Waals surface area contributed by atoms with Crippen molar-refractivity contribution in [3.8, 4) is 11.1 Å². The van der Waals surface area contributed by atoms with Crippen LogP contribution in [0.2, 0.25) is 0 Å². The van der Waals surface area contributed by atoms with Gasteiger partial charge >= 0.3 is 0 Å². The highest BCUT2D eigenvalue weighted by atomic mass is 16.3. The average Bonchev–Trinajstić information content (AvgIpc) is 2.86. The Labute approximate surface area is 119 Å². The number of hydrogen-bond acceptors (Lipinski definition) is 1. The molecule has 1 heteroatoms. The predicted octanol–water partition coefficient (Wildman–Crippen LogP) is 3.53. The molecule has 0 saturated carbocycles. The smallest absolute Gasteiger partial charge is 0.0796 e. The van der Waals surface area contributed by atoms with Crippen LogP contribution in [0.3, 0.4) is 0 Å². The molecule has 2 aromatic carbocycles. The van der Waals surface area contributed by atoms with Crippen LogP contribution in [-0.4, -0.2) is 5.11 Å². The van der Waals surface area contributed by atoms with Gasteiger partial charge in [0.2, 0.25) is 0 Å². The first-order valence-electron chi connectivity index (χ1n) is 7.79. The number of benzene rings is 2. The lowest BCUT2D eigenvalue weighted by molar-refractivity contribution is 0.180. The summed E-state index contributed by atoms with van der Waals surface area (Å²) in [5.41, 5.74) is 11.9. The van der Waals surface area contributed by atoms with Gasteiger partial charge in [0.05, 0.1) is 6.10 Å². The van der Waals surface area contributed by atoms with E-state index in [0.717, 1.165) is 32.1 Å². The molecule has 1 nitrogen and oxygen atoms in total. The molecule has 0 radical (unpaired) electrons. The van der Waals surface area contributed by atoms with Crippen LogP contribution in [0.4, 0.5) is 0 Å². The van der Waals surface area contributed by atoms with Gasteiger partial charge < -0.3 is 5.11 Å². The standard InChI is InChI=1S/C19H18O/c20-17-9-8-14-15-7-6-12-3-1-2-11-4-5-13(10-16(14)17)19(15)18(11)12/h1-3,10,17,20H,4-9H2. The normalized spacial score (nSPS) is 21.6. The Morgan fingerprint density at radius 2 is 1.55 bits per heavy atom. The summed E-state index contributed by atoms with van der Waals surface area (Å²) in [6, 6.07) is 9.15. The van der Waals surface area contributed by atoms with Gasteiger partial charge in [-0.3, -0.25) is 0 Å². The molecule has 3 aliphatic rings. The quantitative estimate of drug-likeness (QED) is 0.770. The maximum Gasteiger partial charge on any atom is 0.0796 e. The highest BCUT2D eigenvalue weighted by molar-refractivity contribution is 5.82. The van der Waals surface area contributed by atoms with E-state index in [-0.39, 0.29) is 6.10 Å². The molecule has 100 valence electrons. The Kier molecular flexibility index (Phi) is 2.07. The Balaban J connectivity index is 1.89. The summed E-state index contributed by atoms with van der Waals surface area (Å²) in [4.78, 5) is 0. The first-order chi connectivity index (χ1) is 9.83. The zero-order valence-electron chi connectivity index (χ0n) is 11.6. The minimum absolute atomic E-state index is 0.217. The van der Waals surface area contributed by atoms with Crippen LogP contribution in [0.15, 0.2) is 24.3 Å². The van der Waals surface area contributed by atoms with E-state index in [1.54, 1.807) is 16.7 Å². The lowest BCUT2D eigenvalue weighted by atomic mass is 9.73. The molecule has 20 heavy (non-hydrogen) atoms. The van der Waals surface area contributed by atoms with Gasteiger partial charge in [0.25, 0.3) is 0 Å². The summed E-state index contributed by atoms with van der Waals surface area (Å²) in [6.45, 7) is 0. The van der Waals surface area contributed by atoms with Gasteiger partial charge in [0.15, 0.2) is 0 Å². The topological polar surface area (TPSA) is 20.2 Å². The molecule has 0 amide bonds. The van der Waals surface area contributed by atoms with Gasteiger partial charge in [0.1, 0.15) is 0 Å². The molecule has 0 aliphatic heterocycles. The summed E-state index contributed by atoms with van der Waals surface area (Å²) < 4.78 is 0. The highest BCUT2D eigenvalue weighted by Crippen LogP contribution is 2.47. The Morgan fingerprint density at radius 3 is 2.40 bits per heavy atom. The van der Waals surface area contributed by atoms with E-state index >= 15 is 0 Å². The predicted molar refractivity (Wildman–Crippen MR) is 80.0 cm³/mol. The first kappa shape index (κ1) is 11.1. The number of hydrogen-bond donors (Lipinski definition) is 1. The van der Waals surface area contributed by atoms with Gasteiger partial charge in [-0.05, 0) is 83.0 Å². The van der Waals surface area contributed by atoms with Crippen molar-refractivity contribution in [3.05, 3.63) is 57.6 Å². The van der Waals surface area contributed by atoms with Crippen LogP contribution in [0.5, 0.6) is 0 Å². The molecule has 0 heterocycles. The summed E-state index contributed by atoms with van der Waals surface area (Å²) in [6.07, 6.45) is 6.39. The zero-order valence-corrected chi connectivity index (χ0v) is 11.6. The second-order valence-electron chi connectivity index (χ2n) is 6.46. The molecule has 0 fully saturated rings. The number of aliphatic hydroxyl groups is 1. The maximum absolute atomic E-state index is 10.2. The molecule has 5 rings (SSSR count). The third kappa shape index (κ3) is 1.27. The Bertz CT molecular complexity index is 728. The molecule has 3 aliphatic carbocycles. The van der Waals surface area contributed by atoms with Crippen molar-refractivity contribution in [1.82, 2.24) is 0 Å². The van der Waals surface area contributed by atoms with E-state index in [0.29, 0.717) is 0 Å². The van der Waals surface area contributed by atoms with Gasteiger partial charge in [-0.2, -0.15) is 0 Å². The van der Waals surface area contributed by atoms with Gasteiger partial charge in [-0.15, -0.1) is 0 Å². The molecule has 0 saturated heterocycles. The minimum atomic E-state index is -0.217. The van der Waals surface area contributed by atoms with E-state index in [1.165, 1.54) is 34.2 Å². The monoisotopic (exact) mass is 262 g/mol. The fourth-order valence-corrected chi connectivity index (χ4v) is 4.60. The molecule has 0 bridgehead atoms. The van der Waals surface area contributed by atoms with Crippen LogP contribution in [-0.2, 0) is 32.1 Å². The minimum Gasteiger partial charge on any atom is -0.388 e. The Morgan fingerprint density at radius 1 is 0.800 bits per heavy atom. The molecule has 1 unspecified atom stereocenters. The summed E-state index contributed by atoms with van der Waals surface area (Å²) in [5.74, 6) is 0. The molecule has 1 N–H and O–H groups in total. The lowest BCUT2D eigenvalue weighted by Gasteiger charge is -2.31. The van der Waals surface area contributed by atoms with Crippen LogP contribution in [0.1, 0.15) is 45.9 Å². The molecule has 0 spiro atoms. The average molecular weight is 262 g/mol. The van der Waals surface area contributed by atoms with E-state index in [9.17, 15) is 5.11 Å². The van der Waals surface area contributed by atoms with Crippen LogP contribution in [0.25, 0.3) is 11.1 Å². The van der Waals surface area contributed by atoms with Crippen molar-refractivity contribution in [3.63, 3.8) is 0 Å². The van der Waals surface area contributed by atoms with E-state index < -0.39 is 0 Å². The first-order valence-corrected chi connectivity index (χ1v) is 7.79. The van der Waals surface area contributed by atoms with Gasteiger partial charge in [-0.25, -0.2) is 0 Å². The van der Waals surface area contributed by atoms with Crippen molar-refractivity contribution in [2.75, 3.05) is 0 Å². The van der Waals surface area contributed by atoms with E-state index in [2.05, 4.69) is 24.3 Å². The molecule has 1 atom stereocenters. The summed E-state index contributed by atoms with van der Waals surface area (Å²) >= 11 is 0. The fraction of sp³-hybridized carbons (Fsp3) is 0.368. The van der Waals surface area contributed by atoms with Gasteiger partial charge in [0, 0.05) is 0 Å². The second kappa shape index (κ2) is 3.73. The number of rotatable bonds is 0. The fourth-order valence-electron chi connectivity index (χ4n) is 4.60. The van der Waals surface area contributed by atoms with Crippen molar-refractivity contribution >= 4 is 0 Å². The van der Waals surface area contributed by atoms with Crippen molar-refractivity contribution < 1.29 is 5.11 Å². The van der Waals surface area contributed by atoms with Gasteiger partial charge in [-0.1, -0.05) is 24.3 Å². The molecule has 0 aromatic heterocycles. The van der Waals surface area contributed by atoms with Crippen molar-refractivity contribution in [1.29, 1.82) is 0 Å². The molecular weight excluding hydrogens is 244 g/mol.